The van der Waals surface area contributed by atoms with E-state index in [2.05, 4.69) is 11.8 Å². The molecule has 2 saturated heterocycles. The maximum Gasteiger partial charge on any atom is 0.0697 e. The van der Waals surface area contributed by atoms with Crippen molar-refractivity contribution in [2.75, 3.05) is 13.2 Å². The van der Waals surface area contributed by atoms with Gasteiger partial charge in [0.1, 0.15) is 0 Å². The van der Waals surface area contributed by atoms with Crippen LogP contribution in [0.4, 0.5) is 0 Å². The standard InChI is InChI=1S/C16H30N2O/c1-13-5-4-6-15(12-17)18(13)14-7-10-19-16(11-14)8-2-3-9-16/h13-15H,2-12,17H2,1H3. The molecule has 0 aromatic rings. The topological polar surface area (TPSA) is 38.5 Å². The van der Waals surface area contributed by atoms with Crippen molar-refractivity contribution in [2.45, 2.75) is 88.4 Å². The number of rotatable bonds is 2. The van der Waals surface area contributed by atoms with E-state index in [9.17, 15) is 0 Å². The number of piperidine rings is 1. The van der Waals surface area contributed by atoms with Crippen LogP contribution in [0.15, 0.2) is 0 Å². The predicted octanol–water partition coefficient (Wildman–Crippen LogP) is 2.68. The van der Waals surface area contributed by atoms with Crippen LogP contribution in [0.5, 0.6) is 0 Å². The van der Waals surface area contributed by atoms with Crippen LogP contribution >= 0.6 is 0 Å². The molecule has 1 aliphatic carbocycles. The molecule has 3 aliphatic rings. The highest BCUT2D eigenvalue weighted by Gasteiger charge is 2.44. The Hall–Kier alpha value is -0.120. The van der Waals surface area contributed by atoms with Crippen molar-refractivity contribution in [3.05, 3.63) is 0 Å². The summed E-state index contributed by atoms with van der Waals surface area (Å²) in [6.45, 7) is 4.19. The molecule has 0 aromatic heterocycles. The van der Waals surface area contributed by atoms with Gasteiger partial charge in [0.05, 0.1) is 5.60 Å². The van der Waals surface area contributed by atoms with E-state index in [4.69, 9.17) is 10.5 Å². The van der Waals surface area contributed by atoms with Crippen molar-refractivity contribution in [1.82, 2.24) is 4.90 Å². The largest absolute Gasteiger partial charge is 0.375 e. The van der Waals surface area contributed by atoms with E-state index >= 15 is 0 Å². The summed E-state index contributed by atoms with van der Waals surface area (Å²) in [5.74, 6) is 0. The average molecular weight is 266 g/mol. The molecule has 3 atom stereocenters. The van der Waals surface area contributed by atoms with Gasteiger partial charge in [0.2, 0.25) is 0 Å². The summed E-state index contributed by atoms with van der Waals surface area (Å²) in [7, 11) is 0. The molecule has 3 fully saturated rings. The highest BCUT2D eigenvalue weighted by molar-refractivity contribution is 4.97. The first kappa shape index (κ1) is 13.8. The first-order chi connectivity index (χ1) is 9.24. The summed E-state index contributed by atoms with van der Waals surface area (Å²) in [4.78, 5) is 2.77. The molecule has 19 heavy (non-hydrogen) atoms. The van der Waals surface area contributed by atoms with E-state index in [-0.39, 0.29) is 5.60 Å². The third-order valence-electron chi connectivity index (χ3n) is 5.77. The van der Waals surface area contributed by atoms with E-state index < -0.39 is 0 Å². The van der Waals surface area contributed by atoms with Crippen molar-refractivity contribution in [2.24, 2.45) is 5.73 Å². The Morgan fingerprint density at radius 2 is 1.95 bits per heavy atom. The highest BCUT2D eigenvalue weighted by atomic mass is 16.5. The average Bonchev–Trinajstić information content (AvgIpc) is 2.86. The van der Waals surface area contributed by atoms with Crippen molar-refractivity contribution in [1.29, 1.82) is 0 Å². The van der Waals surface area contributed by atoms with E-state index in [0.29, 0.717) is 12.1 Å². The normalized spacial score (nSPS) is 39.8. The van der Waals surface area contributed by atoms with Crippen LogP contribution < -0.4 is 5.73 Å². The van der Waals surface area contributed by atoms with Crippen LogP contribution in [0, 0.1) is 0 Å². The van der Waals surface area contributed by atoms with Crippen molar-refractivity contribution in [3.63, 3.8) is 0 Å². The Balaban J connectivity index is 1.72. The van der Waals surface area contributed by atoms with Gasteiger partial charge in [0.15, 0.2) is 0 Å². The van der Waals surface area contributed by atoms with E-state index in [1.165, 1.54) is 57.8 Å². The number of likely N-dealkylation sites (tertiary alicyclic amines) is 1. The van der Waals surface area contributed by atoms with Gasteiger partial charge in [-0.05, 0) is 45.4 Å². The van der Waals surface area contributed by atoms with Crippen LogP contribution in [0.3, 0.4) is 0 Å². The Morgan fingerprint density at radius 1 is 1.16 bits per heavy atom. The fourth-order valence-electron chi connectivity index (χ4n) is 4.83. The minimum Gasteiger partial charge on any atom is -0.375 e. The monoisotopic (exact) mass is 266 g/mol. The molecule has 3 unspecified atom stereocenters. The van der Waals surface area contributed by atoms with Crippen molar-refractivity contribution >= 4 is 0 Å². The van der Waals surface area contributed by atoms with E-state index in [1.54, 1.807) is 0 Å². The van der Waals surface area contributed by atoms with Gasteiger partial charge in [-0.25, -0.2) is 0 Å². The van der Waals surface area contributed by atoms with Gasteiger partial charge in [-0.2, -0.15) is 0 Å². The van der Waals surface area contributed by atoms with Crippen LogP contribution in [0.1, 0.15) is 64.7 Å². The third kappa shape index (κ3) is 2.70. The van der Waals surface area contributed by atoms with Gasteiger partial charge in [0.25, 0.3) is 0 Å². The van der Waals surface area contributed by atoms with Crippen LogP contribution in [0.2, 0.25) is 0 Å². The summed E-state index contributed by atoms with van der Waals surface area (Å²) >= 11 is 0. The molecule has 110 valence electrons. The van der Waals surface area contributed by atoms with Gasteiger partial charge < -0.3 is 10.5 Å². The Bertz CT molecular complexity index is 301. The third-order valence-corrected chi connectivity index (χ3v) is 5.77. The molecule has 3 nitrogen and oxygen atoms in total. The number of ether oxygens (including phenoxy) is 1. The SMILES string of the molecule is CC1CCCC(CN)N1C1CCOC2(CCCC2)C1. The van der Waals surface area contributed by atoms with Gasteiger partial charge in [-0.3, -0.25) is 4.90 Å². The molecule has 1 spiro atoms. The number of hydrogen-bond donors (Lipinski definition) is 1. The molecule has 2 heterocycles. The second-order valence-corrected chi connectivity index (χ2v) is 7.00. The fraction of sp³-hybridized carbons (Fsp3) is 1.00. The lowest BCUT2D eigenvalue weighted by Gasteiger charge is -2.50. The highest BCUT2D eigenvalue weighted by Crippen LogP contribution is 2.42. The van der Waals surface area contributed by atoms with Crippen LogP contribution in [-0.2, 0) is 4.74 Å². The van der Waals surface area contributed by atoms with Gasteiger partial charge in [0, 0.05) is 31.3 Å². The summed E-state index contributed by atoms with van der Waals surface area (Å²) < 4.78 is 6.19. The zero-order valence-electron chi connectivity index (χ0n) is 12.4. The molecule has 3 rings (SSSR count). The molecule has 2 N–H and O–H groups in total. The van der Waals surface area contributed by atoms with Gasteiger partial charge >= 0.3 is 0 Å². The fourth-order valence-corrected chi connectivity index (χ4v) is 4.83. The van der Waals surface area contributed by atoms with E-state index in [1.807, 2.05) is 0 Å². The van der Waals surface area contributed by atoms with Gasteiger partial charge in [-0.1, -0.05) is 19.3 Å². The first-order valence-corrected chi connectivity index (χ1v) is 8.35. The molecule has 0 aromatic carbocycles. The molecule has 0 amide bonds. The molecular weight excluding hydrogens is 236 g/mol. The van der Waals surface area contributed by atoms with E-state index in [0.717, 1.165) is 19.2 Å². The predicted molar refractivity (Wildman–Crippen MR) is 78.2 cm³/mol. The number of nitrogens with two attached hydrogens (primary N) is 1. The molecule has 1 saturated carbocycles. The smallest absolute Gasteiger partial charge is 0.0697 e. The summed E-state index contributed by atoms with van der Waals surface area (Å²) in [5.41, 5.74) is 6.27. The quantitative estimate of drug-likeness (QED) is 0.835. The number of nitrogens with zero attached hydrogens (tertiary/aromatic N) is 1. The summed E-state index contributed by atoms with van der Waals surface area (Å²) in [6.07, 6.45) is 11.8. The zero-order chi connectivity index (χ0) is 13.3. The molecule has 3 heteroatoms. The minimum absolute atomic E-state index is 0.235. The summed E-state index contributed by atoms with van der Waals surface area (Å²) in [5, 5.41) is 0. The first-order valence-electron chi connectivity index (χ1n) is 8.35. The van der Waals surface area contributed by atoms with Crippen LogP contribution in [-0.4, -0.2) is 41.8 Å². The second-order valence-electron chi connectivity index (χ2n) is 7.00. The van der Waals surface area contributed by atoms with Crippen LogP contribution in [0.25, 0.3) is 0 Å². The zero-order valence-corrected chi connectivity index (χ0v) is 12.4. The Labute approximate surface area is 117 Å². The molecule has 0 bridgehead atoms. The minimum atomic E-state index is 0.235. The lowest BCUT2D eigenvalue weighted by Crippen LogP contribution is -2.57. The molecule has 2 aliphatic heterocycles. The maximum absolute atomic E-state index is 6.19. The lowest BCUT2D eigenvalue weighted by molar-refractivity contribution is -0.116. The number of hydrogen-bond acceptors (Lipinski definition) is 3. The Morgan fingerprint density at radius 3 is 2.68 bits per heavy atom. The molecule has 0 radical (unpaired) electrons. The lowest BCUT2D eigenvalue weighted by atomic mass is 9.84. The molecular formula is C16H30N2O. The van der Waals surface area contributed by atoms with Crippen molar-refractivity contribution < 1.29 is 4.74 Å². The Kier molecular flexibility index (Phi) is 4.16. The van der Waals surface area contributed by atoms with Crippen molar-refractivity contribution in [3.8, 4) is 0 Å². The van der Waals surface area contributed by atoms with Gasteiger partial charge in [-0.15, -0.1) is 0 Å². The second kappa shape index (κ2) is 5.71. The maximum atomic E-state index is 6.19. The summed E-state index contributed by atoms with van der Waals surface area (Å²) in [6, 6.07) is 2.05.